The van der Waals surface area contributed by atoms with Crippen LogP contribution in [0.4, 0.5) is 47.0 Å². The number of carbonyl (C=O) groups excluding carboxylic acids is 2. The minimum Gasteiger partial charge on any atom is -0.369 e. The number of urea groups is 1. The molecule has 1 aromatic heterocycles. The molecular formula is C29H29F7N6O3. The molecule has 5 rings (SSSR count). The van der Waals surface area contributed by atoms with Gasteiger partial charge in [-0.3, -0.25) is 19.7 Å². The number of nitrogens with one attached hydrogen (secondary N) is 2. The lowest BCUT2D eigenvalue weighted by molar-refractivity contribution is -0.376. The Morgan fingerprint density at radius 1 is 0.911 bits per heavy atom. The summed E-state index contributed by atoms with van der Waals surface area (Å²) in [6.07, 6.45) is -9.85. The smallest absolute Gasteiger partial charge is 0.369 e. The zero-order chi connectivity index (χ0) is 32.7. The lowest BCUT2D eigenvalue weighted by atomic mass is 9.91. The third-order valence-electron chi connectivity index (χ3n) is 7.86. The number of carbonyl (C=O) groups is 2. The second-order valence-electron chi connectivity index (χ2n) is 11.1. The molecule has 1 aliphatic carbocycles. The molecule has 9 nitrogen and oxygen atoms in total. The summed E-state index contributed by atoms with van der Waals surface area (Å²) in [4.78, 5) is 28.8. The van der Waals surface area contributed by atoms with Gasteiger partial charge in [-0.1, -0.05) is 24.3 Å². The van der Waals surface area contributed by atoms with Crippen LogP contribution in [0, 0.1) is 5.82 Å². The second kappa shape index (κ2) is 12.0. The molecule has 1 saturated heterocycles. The SMILES string of the molecule is Cn1nc(C2CC2)cc1NC(=O)Nc1ccc(C(=O)N2CCN(Cc3ccc(C(O)(C(F)(F)F)C(F)(F)F)cc3)CC2)cc1F. The number of halogens is 7. The molecule has 0 atom stereocenters. The Kier molecular flexibility index (Phi) is 8.57. The Morgan fingerprint density at radius 2 is 1.53 bits per heavy atom. The van der Waals surface area contributed by atoms with E-state index in [4.69, 9.17) is 0 Å². The number of nitrogens with zero attached hydrogens (tertiary/aromatic N) is 4. The van der Waals surface area contributed by atoms with Crippen LogP contribution in [0.1, 0.15) is 45.9 Å². The van der Waals surface area contributed by atoms with Crippen molar-refractivity contribution in [3.63, 3.8) is 0 Å². The predicted molar refractivity (Wildman–Crippen MR) is 148 cm³/mol. The highest BCUT2D eigenvalue weighted by atomic mass is 19.4. The van der Waals surface area contributed by atoms with Crippen LogP contribution in [0.25, 0.3) is 0 Å². The van der Waals surface area contributed by atoms with Gasteiger partial charge in [-0.2, -0.15) is 31.4 Å². The monoisotopic (exact) mass is 642 g/mol. The number of benzene rings is 2. The fourth-order valence-electron chi connectivity index (χ4n) is 5.09. The minimum atomic E-state index is -5.97. The van der Waals surface area contributed by atoms with Crippen LogP contribution in [0.15, 0.2) is 48.5 Å². The van der Waals surface area contributed by atoms with Gasteiger partial charge in [0.2, 0.25) is 0 Å². The Hall–Kier alpha value is -4.18. The van der Waals surface area contributed by atoms with Gasteiger partial charge in [0, 0.05) is 62.9 Å². The van der Waals surface area contributed by atoms with E-state index < -0.39 is 41.3 Å². The van der Waals surface area contributed by atoms with Crippen molar-refractivity contribution in [2.45, 2.75) is 43.3 Å². The van der Waals surface area contributed by atoms with Crippen LogP contribution in [0.5, 0.6) is 0 Å². The van der Waals surface area contributed by atoms with Crippen molar-refractivity contribution in [3.8, 4) is 0 Å². The summed E-state index contributed by atoms with van der Waals surface area (Å²) in [5, 5.41) is 18.9. The van der Waals surface area contributed by atoms with Crippen molar-refractivity contribution in [3.05, 3.63) is 76.7 Å². The molecule has 1 saturated carbocycles. The molecule has 0 unspecified atom stereocenters. The molecule has 0 bridgehead atoms. The Balaban J connectivity index is 1.13. The maximum absolute atomic E-state index is 14.8. The number of aromatic nitrogens is 2. The summed E-state index contributed by atoms with van der Waals surface area (Å²) >= 11 is 0. The average molecular weight is 643 g/mol. The number of aliphatic hydroxyl groups is 1. The van der Waals surface area contributed by atoms with Crippen molar-refractivity contribution in [1.82, 2.24) is 19.6 Å². The van der Waals surface area contributed by atoms with Crippen LogP contribution in [0.3, 0.4) is 0 Å². The van der Waals surface area contributed by atoms with Gasteiger partial charge in [0.15, 0.2) is 0 Å². The predicted octanol–water partition coefficient (Wildman–Crippen LogP) is 5.35. The average Bonchev–Trinajstić information content (AvgIpc) is 3.76. The largest absolute Gasteiger partial charge is 0.430 e. The fourth-order valence-corrected chi connectivity index (χ4v) is 5.09. The van der Waals surface area contributed by atoms with Gasteiger partial charge in [-0.25, -0.2) is 9.18 Å². The third-order valence-corrected chi connectivity index (χ3v) is 7.86. The van der Waals surface area contributed by atoms with Crippen molar-refractivity contribution in [1.29, 1.82) is 0 Å². The van der Waals surface area contributed by atoms with E-state index in [0.29, 0.717) is 42.5 Å². The first-order valence-electron chi connectivity index (χ1n) is 13.9. The van der Waals surface area contributed by atoms with Gasteiger partial charge in [0.25, 0.3) is 11.5 Å². The number of hydrogen-bond acceptors (Lipinski definition) is 5. The molecule has 16 heteroatoms. The quantitative estimate of drug-likeness (QED) is 0.302. The van der Waals surface area contributed by atoms with Gasteiger partial charge in [0.05, 0.1) is 11.4 Å². The molecule has 1 aliphatic heterocycles. The highest BCUT2D eigenvalue weighted by Gasteiger charge is 2.71. The molecule has 242 valence electrons. The third kappa shape index (κ3) is 6.76. The van der Waals surface area contributed by atoms with Crippen molar-refractivity contribution >= 4 is 23.4 Å². The Morgan fingerprint density at radius 3 is 2.09 bits per heavy atom. The first-order valence-corrected chi connectivity index (χ1v) is 13.9. The lowest BCUT2D eigenvalue weighted by Gasteiger charge is -2.35. The van der Waals surface area contributed by atoms with Crippen molar-refractivity contribution < 1.29 is 45.4 Å². The summed E-state index contributed by atoms with van der Waals surface area (Å²) in [5.41, 5.74) is -5.12. The van der Waals surface area contributed by atoms with Gasteiger partial charge < -0.3 is 15.3 Å². The standard InChI is InChI=1S/C29H29F7N6O3/c1-40-24(15-23(39-40)18-4-5-18)38-26(44)37-22-9-6-19(14-21(22)30)25(43)42-12-10-41(11-13-42)16-17-2-7-20(8-3-17)27(45,28(31,32)33)29(34,35)36/h2-3,6-9,14-15,18,45H,4-5,10-13,16H2,1H3,(H2,37,38,44). The number of piperazine rings is 1. The van der Waals surface area contributed by atoms with E-state index in [1.807, 2.05) is 4.90 Å². The summed E-state index contributed by atoms with van der Waals surface area (Å²) in [7, 11) is 1.68. The summed E-state index contributed by atoms with van der Waals surface area (Å²) in [6, 6.07) is 8.11. The van der Waals surface area contributed by atoms with Gasteiger partial charge in [-0.05, 0) is 36.6 Å². The Bertz CT molecular complexity index is 1550. The maximum atomic E-state index is 14.8. The van der Waals surface area contributed by atoms with Gasteiger partial charge >= 0.3 is 18.4 Å². The number of amides is 3. The normalized spacial score (nSPS) is 16.5. The molecule has 2 heterocycles. The van der Waals surface area contributed by atoms with E-state index in [9.17, 15) is 45.4 Å². The Labute approximate surface area is 252 Å². The molecule has 0 radical (unpaired) electrons. The minimum absolute atomic E-state index is 0.0602. The number of rotatable bonds is 7. The number of aryl methyl sites for hydroxylation is 1. The topological polar surface area (TPSA) is 103 Å². The summed E-state index contributed by atoms with van der Waals surface area (Å²) in [6.45, 7) is 1.31. The number of anilines is 2. The summed E-state index contributed by atoms with van der Waals surface area (Å²) in [5.74, 6) is -0.423. The van der Waals surface area contributed by atoms with Crippen LogP contribution in [-0.2, 0) is 19.2 Å². The lowest BCUT2D eigenvalue weighted by Crippen LogP contribution is -2.53. The van der Waals surface area contributed by atoms with E-state index >= 15 is 0 Å². The van der Waals surface area contributed by atoms with Crippen LogP contribution >= 0.6 is 0 Å². The zero-order valence-corrected chi connectivity index (χ0v) is 23.8. The first kappa shape index (κ1) is 32.2. The van der Waals surface area contributed by atoms with Crippen LogP contribution < -0.4 is 10.6 Å². The van der Waals surface area contributed by atoms with Crippen LogP contribution in [0.2, 0.25) is 0 Å². The molecule has 0 spiro atoms. The first-order chi connectivity index (χ1) is 21.1. The molecule has 3 aromatic rings. The molecule has 3 amide bonds. The van der Waals surface area contributed by atoms with E-state index in [2.05, 4.69) is 15.7 Å². The van der Waals surface area contributed by atoms with Gasteiger partial charge in [0.1, 0.15) is 11.6 Å². The molecule has 3 N–H and O–H groups in total. The van der Waals surface area contributed by atoms with Crippen molar-refractivity contribution in [2.75, 3.05) is 36.8 Å². The highest BCUT2D eigenvalue weighted by Crippen LogP contribution is 2.50. The number of hydrogen-bond donors (Lipinski definition) is 3. The number of alkyl halides is 6. The van der Waals surface area contributed by atoms with Gasteiger partial charge in [-0.15, -0.1) is 0 Å². The van der Waals surface area contributed by atoms with E-state index in [1.54, 1.807) is 13.1 Å². The summed E-state index contributed by atoms with van der Waals surface area (Å²) < 4.78 is 95.1. The highest BCUT2D eigenvalue weighted by molar-refractivity contribution is 6.00. The fraction of sp³-hybridized carbons (Fsp3) is 0.414. The van der Waals surface area contributed by atoms with Crippen LogP contribution in [-0.4, -0.2) is 75.2 Å². The molecule has 2 aromatic carbocycles. The zero-order valence-electron chi connectivity index (χ0n) is 23.8. The molecular weight excluding hydrogens is 613 g/mol. The molecule has 2 aliphatic rings. The molecule has 2 fully saturated rings. The van der Waals surface area contributed by atoms with E-state index in [-0.39, 0.29) is 30.9 Å². The van der Waals surface area contributed by atoms with E-state index in [1.165, 1.54) is 21.7 Å². The maximum Gasteiger partial charge on any atom is 0.430 e. The van der Waals surface area contributed by atoms with E-state index in [0.717, 1.165) is 36.7 Å². The van der Waals surface area contributed by atoms with Crippen molar-refractivity contribution in [2.24, 2.45) is 7.05 Å². The second-order valence-corrected chi connectivity index (χ2v) is 11.1. The molecule has 45 heavy (non-hydrogen) atoms.